The Morgan fingerprint density at radius 3 is 2.31 bits per heavy atom. The van der Waals surface area contributed by atoms with Crippen molar-refractivity contribution >= 4 is 23.6 Å². The maximum atomic E-state index is 13.0. The number of ether oxygens (including phenoxy) is 1. The Bertz CT molecular complexity index is 1010. The minimum Gasteiger partial charge on any atom is -0.369 e. The molecule has 0 radical (unpaired) electrons. The second-order valence-electron chi connectivity index (χ2n) is 8.96. The van der Waals surface area contributed by atoms with Crippen molar-refractivity contribution in [3.8, 4) is 0 Å². The van der Waals surface area contributed by atoms with Crippen LogP contribution in [0.25, 0.3) is 0 Å². The summed E-state index contributed by atoms with van der Waals surface area (Å²) in [5.74, 6) is -1.08. The first-order valence-corrected chi connectivity index (χ1v) is 12.0. The highest BCUT2D eigenvalue weighted by atomic mass is 16.5. The van der Waals surface area contributed by atoms with Gasteiger partial charge in [0.05, 0.1) is 6.61 Å². The molecule has 0 aromatic heterocycles. The Hall–Kier alpha value is -3.52. The van der Waals surface area contributed by atoms with E-state index in [-0.39, 0.29) is 30.8 Å². The number of unbranched alkanes of at least 4 members (excludes halogenated alkanes) is 1. The molecule has 2 aromatic rings. The number of nitrogens with one attached hydrogen (secondary N) is 2. The van der Waals surface area contributed by atoms with Crippen molar-refractivity contribution < 1.29 is 23.9 Å². The van der Waals surface area contributed by atoms with Gasteiger partial charge in [-0.3, -0.25) is 19.3 Å². The van der Waals surface area contributed by atoms with Crippen LogP contribution < -0.4 is 10.6 Å². The Labute approximate surface area is 206 Å². The van der Waals surface area contributed by atoms with Gasteiger partial charge in [0.25, 0.3) is 11.8 Å². The van der Waals surface area contributed by atoms with E-state index in [1.165, 1.54) is 0 Å². The summed E-state index contributed by atoms with van der Waals surface area (Å²) < 4.78 is 5.56. The van der Waals surface area contributed by atoms with Crippen molar-refractivity contribution in [2.75, 3.05) is 13.2 Å². The summed E-state index contributed by atoms with van der Waals surface area (Å²) in [5, 5.41) is 5.56. The highest BCUT2D eigenvalue weighted by Gasteiger charge is 2.45. The van der Waals surface area contributed by atoms with E-state index in [0.29, 0.717) is 31.4 Å². The van der Waals surface area contributed by atoms with Crippen LogP contribution in [0.2, 0.25) is 0 Å². The van der Waals surface area contributed by atoms with Crippen molar-refractivity contribution in [2.24, 2.45) is 5.92 Å². The molecule has 1 heterocycles. The van der Waals surface area contributed by atoms with Gasteiger partial charge in [0, 0.05) is 12.1 Å². The first-order valence-electron chi connectivity index (χ1n) is 12.0. The summed E-state index contributed by atoms with van der Waals surface area (Å²) in [4.78, 5) is 51.7. The van der Waals surface area contributed by atoms with Crippen LogP contribution in [0.1, 0.15) is 49.0 Å². The number of carbonyl (C=O) groups excluding carboxylic acids is 4. The van der Waals surface area contributed by atoms with Gasteiger partial charge in [-0.05, 0) is 42.9 Å². The molecule has 2 atom stereocenters. The number of hydrogen-bond acceptors (Lipinski definition) is 5. The molecule has 2 aromatic carbocycles. The summed E-state index contributed by atoms with van der Waals surface area (Å²) in [6, 6.07) is 16.3. The number of imide groups is 1. The van der Waals surface area contributed by atoms with Crippen molar-refractivity contribution in [3.63, 3.8) is 0 Å². The van der Waals surface area contributed by atoms with Crippen LogP contribution in [0.5, 0.6) is 0 Å². The van der Waals surface area contributed by atoms with E-state index in [1.807, 2.05) is 50.2 Å². The van der Waals surface area contributed by atoms with Gasteiger partial charge in [-0.1, -0.05) is 62.4 Å². The van der Waals surface area contributed by atoms with Crippen LogP contribution in [-0.4, -0.2) is 53.8 Å². The van der Waals surface area contributed by atoms with Crippen LogP contribution in [0.15, 0.2) is 60.7 Å². The number of amides is 4. The monoisotopic (exact) mass is 479 g/mol. The van der Waals surface area contributed by atoms with Gasteiger partial charge in [-0.25, -0.2) is 4.79 Å². The van der Waals surface area contributed by atoms with E-state index < -0.39 is 24.0 Å². The van der Waals surface area contributed by atoms with Crippen LogP contribution in [0.3, 0.4) is 0 Å². The Kier molecular flexibility index (Phi) is 9.55. The summed E-state index contributed by atoms with van der Waals surface area (Å²) in [6.07, 6.45) is 1.74. The van der Waals surface area contributed by atoms with E-state index in [0.717, 1.165) is 10.5 Å². The molecule has 3 rings (SSSR count). The van der Waals surface area contributed by atoms with Crippen LogP contribution >= 0.6 is 0 Å². The average molecular weight is 480 g/mol. The molecule has 186 valence electrons. The Balaban J connectivity index is 1.46. The standard InChI is InChI=1S/C27H33N3O5/c1-19(2)24(23(31)18-35-17-20-11-5-3-6-12-20)30-26(33)22(29-27(30)34)15-9-10-16-28-25(32)21-13-7-4-8-14-21/h3-8,11-14,19,22,24H,9-10,15-18H2,1-2H3,(H,28,32)(H,29,34)/t22-,24+/m0/s1. The molecule has 0 spiro atoms. The Morgan fingerprint density at radius 2 is 1.66 bits per heavy atom. The maximum Gasteiger partial charge on any atom is 0.325 e. The van der Waals surface area contributed by atoms with E-state index in [2.05, 4.69) is 10.6 Å². The number of ketones is 1. The van der Waals surface area contributed by atoms with Gasteiger partial charge in [0.2, 0.25) is 0 Å². The molecule has 8 heteroatoms. The lowest BCUT2D eigenvalue weighted by molar-refractivity contribution is -0.138. The number of nitrogens with zero attached hydrogens (tertiary/aromatic N) is 1. The third-order valence-electron chi connectivity index (χ3n) is 5.89. The number of Topliss-reactive ketones (excluding diaryl/α,β-unsaturated/α-hetero) is 1. The van der Waals surface area contributed by atoms with E-state index in [9.17, 15) is 19.2 Å². The first kappa shape index (κ1) is 26.1. The molecule has 1 fully saturated rings. The smallest absolute Gasteiger partial charge is 0.325 e. The molecule has 8 nitrogen and oxygen atoms in total. The van der Waals surface area contributed by atoms with Gasteiger partial charge in [-0.15, -0.1) is 0 Å². The zero-order valence-electron chi connectivity index (χ0n) is 20.2. The highest BCUT2D eigenvalue weighted by Crippen LogP contribution is 2.21. The predicted octanol–water partition coefficient (Wildman–Crippen LogP) is 3.32. The molecule has 1 saturated heterocycles. The largest absolute Gasteiger partial charge is 0.369 e. The van der Waals surface area contributed by atoms with Crippen LogP contribution in [0, 0.1) is 5.92 Å². The van der Waals surface area contributed by atoms with Gasteiger partial charge >= 0.3 is 6.03 Å². The average Bonchev–Trinajstić information content (AvgIpc) is 3.13. The second-order valence-corrected chi connectivity index (χ2v) is 8.96. The number of carbonyl (C=O) groups is 4. The normalized spacial score (nSPS) is 16.3. The molecule has 0 aliphatic carbocycles. The lowest BCUT2D eigenvalue weighted by atomic mass is 9.98. The molecule has 0 saturated carbocycles. The highest BCUT2D eigenvalue weighted by molar-refractivity contribution is 6.08. The fraction of sp³-hybridized carbons (Fsp3) is 0.407. The molecular formula is C27H33N3O5. The lowest BCUT2D eigenvalue weighted by Gasteiger charge is -2.27. The molecule has 35 heavy (non-hydrogen) atoms. The van der Waals surface area contributed by atoms with E-state index in [4.69, 9.17) is 4.74 Å². The zero-order chi connectivity index (χ0) is 25.2. The summed E-state index contributed by atoms with van der Waals surface area (Å²) >= 11 is 0. The minimum absolute atomic E-state index is 0.144. The summed E-state index contributed by atoms with van der Waals surface area (Å²) in [5.41, 5.74) is 1.54. The molecule has 4 amide bonds. The number of benzene rings is 2. The van der Waals surface area contributed by atoms with Crippen LogP contribution in [-0.2, 0) is 20.9 Å². The third-order valence-corrected chi connectivity index (χ3v) is 5.89. The lowest BCUT2D eigenvalue weighted by Crippen LogP contribution is -2.49. The molecule has 0 unspecified atom stereocenters. The van der Waals surface area contributed by atoms with Gasteiger partial charge in [0.15, 0.2) is 5.78 Å². The number of rotatable bonds is 13. The van der Waals surface area contributed by atoms with Crippen molar-refractivity contribution in [3.05, 3.63) is 71.8 Å². The Morgan fingerprint density at radius 1 is 1.00 bits per heavy atom. The molecule has 1 aliphatic heterocycles. The van der Waals surface area contributed by atoms with Gasteiger partial charge in [0.1, 0.15) is 18.7 Å². The third kappa shape index (κ3) is 7.23. The van der Waals surface area contributed by atoms with Crippen molar-refractivity contribution in [2.45, 2.75) is 51.8 Å². The van der Waals surface area contributed by atoms with Crippen molar-refractivity contribution in [1.29, 1.82) is 0 Å². The molecule has 2 N–H and O–H groups in total. The van der Waals surface area contributed by atoms with E-state index >= 15 is 0 Å². The quantitative estimate of drug-likeness (QED) is 0.339. The number of urea groups is 1. The van der Waals surface area contributed by atoms with E-state index in [1.54, 1.807) is 24.3 Å². The number of hydrogen-bond donors (Lipinski definition) is 2. The fourth-order valence-electron chi connectivity index (χ4n) is 4.12. The first-order chi connectivity index (χ1) is 16.9. The second kappa shape index (κ2) is 12.8. The molecule has 0 bridgehead atoms. The van der Waals surface area contributed by atoms with Gasteiger partial charge in [-0.2, -0.15) is 0 Å². The van der Waals surface area contributed by atoms with Gasteiger partial charge < -0.3 is 15.4 Å². The molecule has 1 aliphatic rings. The minimum atomic E-state index is -0.881. The maximum absolute atomic E-state index is 13.0. The fourth-order valence-corrected chi connectivity index (χ4v) is 4.12. The summed E-state index contributed by atoms with van der Waals surface area (Å²) in [6.45, 7) is 4.19. The van der Waals surface area contributed by atoms with Crippen molar-refractivity contribution in [1.82, 2.24) is 15.5 Å². The zero-order valence-corrected chi connectivity index (χ0v) is 20.2. The summed E-state index contributed by atoms with van der Waals surface area (Å²) in [7, 11) is 0. The SMILES string of the molecule is CC(C)[C@H](C(=O)COCc1ccccc1)N1C(=O)N[C@@H](CCCCNC(=O)c2ccccc2)C1=O. The predicted molar refractivity (Wildman–Crippen MR) is 132 cm³/mol. The topological polar surface area (TPSA) is 105 Å². The molecular weight excluding hydrogens is 446 g/mol. The van der Waals surface area contributed by atoms with Crippen LogP contribution in [0.4, 0.5) is 4.79 Å².